The molecule has 0 saturated carbocycles. The highest BCUT2D eigenvalue weighted by Gasteiger charge is 2.00. The number of nitrogens with one attached hydrogen (secondary N) is 1. The molecule has 0 aromatic heterocycles. The molecule has 0 bridgehead atoms. The van der Waals surface area contributed by atoms with Gasteiger partial charge in [-0.15, -0.1) is 0 Å². The van der Waals surface area contributed by atoms with Gasteiger partial charge in [-0.2, -0.15) is 4.36 Å². The zero-order chi connectivity index (χ0) is 8.97. The lowest BCUT2D eigenvalue weighted by atomic mass is 10.2. The van der Waals surface area contributed by atoms with E-state index >= 15 is 0 Å². The molecule has 1 rings (SSSR count). The van der Waals surface area contributed by atoms with Gasteiger partial charge in [-0.25, -0.2) is 0 Å². The SMILES string of the molecule is CNC(=O)c1ccc(N=S)cc1. The van der Waals surface area contributed by atoms with Crippen LogP contribution in [0.2, 0.25) is 0 Å². The molecule has 0 spiro atoms. The number of rotatable bonds is 2. The Balaban J connectivity index is 2.91. The summed E-state index contributed by atoms with van der Waals surface area (Å²) >= 11 is 4.48. The van der Waals surface area contributed by atoms with Crippen molar-refractivity contribution in [3.63, 3.8) is 0 Å². The number of amides is 1. The van der Waals surface area contributed by atoms with Crippen molar-refractivity contribution in [1.82, 2.24) is 5.32 Å². The van der Waals surface area contributed by atoms with Gasteiger partial charge in [0.2, 0.25) is 0 Å². The molecule has 0 radical (unpaired) electrons. The second-order valence-corrected chi connectivity index (χ2v) is 2.40. The zero-order valence-corrected chi connectivity index (χ0v) is 7.39. The largest absolute Gasteiger partial charge is 0.355 e. The third-order valence-electron chi connectivity index (χ3n) is 1.46. The fourth-order valence-electron chi connectivity index (χ4n) is 0.818. The molecule has 4 heteroatoms. The Labute approximate surface area is 76.0 Å². The molecule has 12 heavy (non-hydrogen) atoms. The van der Waals surface area contributed by atoms with Crippen molar-refractivity contribution in [2.75, 3.05) is 7.05 Å². The van der Waals surface area contributed by atoms with Gasteiger partial charge in [0.1, 0.15) is 0 Å². The van der Waals surface area contributed by atoms with Gasteiger partial charge >= 0.3 is 0 Å². The smallest absolute Gasteiger partial charge is 0.251 e. The van der Waals surface area contributed by atoms with Crippen LogP contribution in [-0.2, 0) is 12.4 Å². The maximum absolute atomic E-state index is 11.0. The average Bonchev–Trinajstić information content (AvgIpc) is 2.17. The molecule has 0 fully saturated rings. The fourth-order valence-corrected chi connectivity index (χ4v) is 0.940. The van der Waals surface area contributed by atoms with Gasteiger partial charge in [0.15, 0.2) is 0 Å². The predicted octanol–water partition coefficient (Wildman–Crippen LogP) is 1.41. The standard InChI is InChI=1S/C8H8N2OS/c1-9-8(11)6-2-4-7(10-12)5-3-6/h2-5H,1H3,(H,9,11). The van der Waals surface area contributed by atoms with Crippen molar-refractivity contribution in [2.24, 2.45) is 4.36 Å². The predicted molar refractivity (Wildman–Crippen MR) is 49.3 cm³/mol. The van der Waals surface area contributed by atoms with E-state index in [-0.39, 0.29) is 5.91 Å². The van der Waals surface area contributed by atoms with E-state index in [1.165, 1.54) is 0 Å². The average molecular weight is 180 g/mol. The Morgan fingerprint density at radius 1 is 1.42 bits per heavy atom. The maximum Gasteiger partial charge on any atom is 0.251 e. The molecular formula is C8H8N2OS. The first-order valence-electron chi connectivity index (χ1n) is 3.43. The van der Waals surface area contributed by atoms with E-state index in [0.717, 1.165) is 0 Å². The van der Waals surface area contributed by atoms with Crippen molar-refractivity contribution in [3.05, 3.63) is 29.8 Å². The minimum atomic E-state index is -0.106. The normalized spacial score (nSPS) is 9.08. The van der Waals surface area contributed by atoms with E-state index in [2.05, 4.69) is 22.1 Å². The van der Waals surface area contributed by atoms with Gasteiger partial charge < -0.3 is 5.32 Å². The minimum absolute atomic E-state index is 0.106. The van der Waals surface area contributed by atoms with Gasteiger partial charge in [-0.3, -0.25) is 4.79 Å². The summed E-state index contributed by atoms with van der Waals surface area (Å²) in [5.41, 5.74) is 1.30. The number of hydrogen-bond acceptors (Lipinski definition) is 3. The highest BCUT2D eigenvalue weighted by molar-refractivity contribution is 7.47. The Morgan fingerprint density at radius 2 is 2.00 bits per heavy atom. The quantitative estimate of drug-likeness (QED) is 0.747. The fraction of sp³-hybridized carbons (Fsp3) is 0.125. The third kappa shape index (κ3) is 1.85. The number of hydrogen-bond donors (Lipinski definition) is 1. The maximum atomic E-state index is 11.0. The summed E-state index contributed by atoms with van der Waals surface area (Å²) < 4.78 is 3.55. The van der Waals surface area contributed by atoms with Crippen LogP contribution in [0.1, 0.15) is 10.4 Å². The first-order chi connectivity index (χ1) is 5.77. The molecule has 1 aromatic carbocycles. The Bertz CT molecular complexity index is 294. The van der Waals surface area contributed by atoms with Crippen LogP contribution < -0.4 is 5.32 Å². The molecule has 1 aromatic rings. The topological polar surface area (TPSA) is 41.5 Å². The molecule has 0 aliphatic heterocycles. The van der Waals surface area contributed by atoms with E-state index in [1.54, 1.807) is 31.3 Å². The highest BCUT2D eigenvalue weighted by atomic mass is 32.1. The van der Waals surface area contributed by atoms with Crippen LogP contribution >= 0.6 is 0 Å². The van der Waals surface area contributed by atoms with Crippen molar-refractivity contribution in [2.45, 2.75) is 0 Å². The van der Waals surface area contributed by atoms with Gasteiger partial charge in [0.25, 0.3) is 5.91 Å². The minimum Gasteiger partial charge on any atom is -0.355 e. The second-order valence-electron chi connectivity index (χ2n) is 2.22. The molecule has 1 N–H and O–H groups in total. The third-order valence-corrected chi connectivity index (χ3v) is 1.67. The van der Waals surface area contributed by atoms with Crippen molar-refractivity contribution >= 4 is 24.0 Å². The number of carbonyl (C=O) groups is 1. The van der Waals surface area contributed by atoms with Crippen LogP contribution in [0.4, 0.5) is 5.69 Å². The molecule has 0 saturated heterocycles. The highest BCUT2D eigenvalue weighted by Crippen LogP contribution is 2.11. The van der Waals surface area contributed by atoms with Crippen LogP contribution in [0.15, 0.2) is 28.6 Å². The van der Waals surface area contributed by atoms with Crippen LogP contribution in [0.3, 0.4) is 0 Å². The van der Waals surface area contributed by atoms with Crippen LogP contribution in [0.25, 0.3) is 0 Å². The zero-order valence-electron chi connectivity index (χ0n) is 6.57. The summed E-state index contributed by atoms with van der Waals surface area (Å²) in [7, 11) is 1.59. The van der Waals surface area contributed by atoms with Crippen LogP contribution in [0, 0.1) is 0 Å². The molecule has 0 aliphatic carbocycles. The van der Waals surface area contributed by atoms with Gasteiger partial charge in [-0.05, 0) is 24.3 Å². The molecule has 0 atom stereocenters. The van der Waals surface area contributed by atoms with Gasteiger partial charge in [-0.1, -0.05) is 0 Å². The molecule has 1 amide bonds. The second kappa shape index (κ2) is 3.92. The molecule has 3 nitrogen and oxygen atoms in total. The summed E-state index contributed by atoms with van der Waals surface area (Å²) in [6, 6.07) is 6.78. The number of benzene rings is 1. The Kier molecular flexibility index (Phi) is 2.88. The summed E-state index contributed by atoms with van der Waals surface area (Å²) in [6.45, 7) is 0. The Hall–Kier alpha value is -1.29. The first-order valence-corrected chi connectivity index (χ1v) is 3.80. The number of carbonyl (C=O) groups excluding carboxylic acids is 1. The molecule has 62 valence electrons. The molecular weight excluding hydrogens is 172 g/mol. The van der Waals surface area contributed by atoms with Crippen molar-refractivity contribution in [3.8, 4) is 0 Å². The lowest BCUT2D eigenvalue weighted by Gasteiger charge is -1.98. The summed E-state index contributed by atoms with van der Waals surface area (Å²) in [4.78, 5) is 11.0. The van der Waals surface area contributed by atoms with E-state index in [0.29, 0.717) is 11.3 Å². The van der Waals surface area contributed by atoms with Crippen molar-refractivity contribution < 1.29 is 4.79 Å². The lowest BCUT2D eigenvalue weighted by Crippen LogP contribution is -2.17. The van der Waals surface area contributed by atoms with Crippen LogP contribution in [-0.4, -0.2) is 13.0 Å². The van der Waals surface area contributed by atoms with Crippen LogP contribution in [0.5, 0.6) is 0 Å². The lowest BCUT2D eigenvalue weighted by molar-refractivity contribution is 0.0963. The van der Waals surface area contributed by atoms with E-state index < -0.39 is 0 Å². The molecule has 0 heterocycles. The summed E-state index contributed by atoms with van der Waals surface area (Å²) in [5.74, 6) is -0.106. The monoisotopic (exact) mass is 180 g/mol. The Morgan fingerprint density at radius 3 is 2.42 bits per heavy atom. The summed E-state index contributed by atoms with van der Waals surface area (Å²) in [5, 5.41) is 2.52. The molecule has 0 aliphatic rings. The van der Waals surface area contributed by atoms with E-state index in [9.17, 15) is 4.79 Å². The number of nitrogens with zero attached hydrogens (tertiary/aromatic N) is 1. The first kappa shape index (κ1) is 8.80. The van der Waals surface area contributed by atoms with E-state index in [1.807, 2.05) is 0 Å². The van der Waals surface area contributed by atoms with E-state index in [4.69, 9.17) is 0 Å². The van der Waals surface area contributed by atoms with Gasteiger partial charge in [0.05, 0.1) is 5.69 Å². The molecule has 0 unspecified atom stereocenters. The summed E-state index contributed by atoms with van der Waals surface area (Å²) in [6.07, 6.45) is 0. The van der Waals surface area contributed by atoms with Gasteiger partial charge in [0, 0.05) is 25.0 Å². The van der Waals surface area contributed by atoms with Crippen molar-refractivity contribution in [1.29, 1.82) is 0 Å².